The summed E-state index contributed by atoms with van der Waals surface area (Å²) in [5, 5.41) is 0. The van der Waals surface area contributed by atoms with Crippen molar-refractivity contribution in [3.05, 3.63) is 12.2 Å². The van der Waals surface area contributed by atoms with Gasteiger partial charge in [-0.15, -0.1) is 0 Å². The first-order chi connectivity index (χ1) is 2.77. The molecule has 0 unspecified atom stereocenters. The summed E-state index contributed by atoms with van der Waals surface area (Å²) in [6.07, 6.45) is 2.91. The predicted octanol–water partition coefficient (Wildman–Crippen LogP) is -0.777. The maximum atomic E-state index is 9.73. The fourth-order valence-corrected chi connectivity index (χ4v) is 0.164. The zero-order valence-electron chi connectivity index (χ0n) is 4.14. The fraction of sp³-hybridized carbons (Fsp3) is 0.250. The highest BCUT2D eigenvalue weighted by Crippen LogP contribution is 1.62. The summed E-state index contributed by atoms with van der Waals surface area (Å²) in [6.45, 7) is 1.74. The number of rotatable bonds is 1. The molecule has 0 rings (SSSR count). The van der Waals surface area contributed by atoms with E-state index in [0.717, 1.165) is 0 Å². The third-order valence-electron chi connectivity index (χ3n) is 0.331. The Bertz CT molecular complexity index is 77.8. The van der Waals surface area contributed by atoms with Gasteiger partial charge < -0.3 is 11.2 Å². The van der Waals surface area contributed by atoms with Gasteiger partial charge >= 0.3 is 0 Å². The Morgan fingerprint density at radius 1 is 1.71 bits per heavy atom. The lowest BCUT2D eigenvalue weighted by Crippen LogP contribution is -2.04. The van der Waals surface area contributed by atoms with Gasteiger partial charge in [0.05, 0.1) is 0 Å². The Morgan fingerprint density at radius 2 is 2.14 bits per heavy atom. The van der Waals surface area contributed by atoms with Crippen LogP contribution in [-0.4, -0.2) is 11.4 Å². The minimum Gasteiger partial charge on any atom is -0.412 e. The van der Waals surface area contributed by atoms with Crippen molar-refractivity contribution in [2.75, 3.05) is 0 Å². The number of allylic oxidation sites excluding steroid dienone is 1. The monoisotopic (exact) mass is 103 g/mol. The van der Waals surface area contributed by atoms with Gasteiger partial charge in [-0.3, -0.25) is 4.79 Å². The van der Waals surface area contributed by atoms with Crippen LogP contribution in [0.3, 0.4) is 0 Å². The van der Waals surface area contributed by atoms with Crippen molar-refractivity contribution in [2.24, 2.45) is 5.73 Å². The number of primary amides is 1. The van der Waals surface area contributed by atoms with Gasteiger partial charge in [0, 0.05) is 0 Å². The summed E-state index contributed by atoms with van der Waals surface area (Å²) in [4.78, 5) is 9.73. The standard InChI is InChI=1S/C4H7NO.H2O/c1-2-3-4(5)6;/h2-3H,1H3,(H2,5,6);1H2. The number of carbonyl (C=O) groups excluding carboxylic acids is 1. The molecule has 0 spiro atoms. The highest BCUT2D eigenvalue weighted by atomic mass is 16.1. The molecule has 0 saturated heterocycles. The van der Waals surface area contributed by atoms with Crippen LogP contribution < -0.4 is 5.73 Å². The highest BCUT2D eigenvalue weighted by molar-refractivity contribution is 5.85. The maximum Gasteiger partial charge on any atom is 0.241 e. The second-order valence-electron chi connectivity index (χ2n) is 0.902. The van der Waals surface area contributed by atoms with E-state index in [4.69, 9.17) is 0 Å². The van der Waals surface area contributed by atoms with Crippen LogP contribution in [0, 0.1) is 0 Å². The van der Waals surface area contributed by atoms with Gasteiger partial charge in [0.1, 0.15) is 0 Å². The van der Waals surface area contributed by atoms with Crippen molar-refractivity contribution in [1.29, 1.82) is 0 Å². The summed E-state index contributed by atoms with van der Waals surface area (Å²) in [5.74, 6) is -0.391. The normalized spacial score (nSPS) is 8.14. The van der Waals surface area contributed by atoms with E-state index in [9.17, 15) is 4.79 Å². The Labute approximate surface area is 42.1 Å². The van der Waals surface area contributed by atoms with Gasteiger partial charge in [-0.1, -0.05) is 6.08 Å². The zero-order valence-corrected chi connectivity index (χ0v) is 4.14. The molecule has 0 aliphatic rings. The van der Waals surface area contributed by atoms with E-state index in [-0.39, 0.29) is 5.48 Å². The van der Waals surface area contributed by atoms with E-state index in [1.54, 1.807) is 13.0 Å². The smallest absolute Gasteiger partial charge is 0.241 e. The fourth-order valence-electron chi connectivity index (χ4n) is 0.164. The van der Waals surface area contributed by atoms with Crippen molar-refractivity contribution in [2.45, 2.75) is 6.92 Å². The molecule has 3 heteroatoms. The van der Waals surface area contributed by atoms with Crippen LogP contribution in [0.4, 0.5) is 0 Å². The van der Waals surface area contributed by atoms with Crippen LogP contribution in [-0.2, 0) is 4.79 Å². The van der Waals surface area contributed by atoms with E-state index in [0.29, 0.717) is 0 Å². The lowest BCUT2D eigenvalue weighted by atomic mass is 10.5. The van der Waals surface area contributed by atoms with Gasteiger partial charge in [0.25, 0.3) is 0 Å². The van der Waals surface area contributed by atoms with Crippen molar-refractivity contribution >= 4 is 5.91 Å². The number of carbonyl (C=O) groups is 1. The molecule has 7 heavy (non-hydrogen) atoms. The van der Waals surface area contributed by atoms with Crippen LogP contribution in [0.1, 0.15) is 6.92 Å². The van der Waals surface area contributed by atoms with E-state index in [1.807, 2.05) is 0 Å². The first-order valence-electron chi connectivity index (χ1n) is 1.69. The largest absolute Gasteiger partial charge is 0.412 e. The zero-order chi connectivity index (χ0) is 4.99. The Balaban J connectivity index is 0. The van der Waals surface area contributed by atoms with Crippen molar-refractivity contribution in [3.8, 4) is 0 Å². The lowest BCUT2D eigenvalue weighted by molar-refractivity contribution is -0.113. The molecule has 0 radical (unpaired) electrons. The molecule has 0 aromatic carbocycles. The summed E-state index contributed by atoms with van der Waals surface area (Å²) >= 11 is 0. The summed E-state index contributed by atoms with van der Waals surface area (Å²) in [6, 6.07) is 0. The first kappa shape index (κ1) is 9.48. The molecule has 0 aliphatic carbocycles. The third kappa shape index (κ3) is 11.0. The molecule has 42 valence electrons. The first-order valence-corrected chi connectivity index (χ1v) is 1.69. The quantitative estimate of drug-likeness (QED) is 0.434. The average molecular weight is 103 g/mol. The molecule has 0 fully saturated rings. The molecular weight excluding hydrogens is 94.0 g/mol. The molecule has 0 bridgehead atoms. The average Bonchev–Trinajstić information content (AvgIpc) is 1.35. The molecule has 0 saturated carbocycles. The van der Waals surface area contributed by atoms with E-state index in [1.165, 1.54) is 6.08 Å². The van der Waals surface area contributed by atoms with Crippen LogP contribution >= 0.6 is 0 Å². The number of hydrogen-bond donors (Lipinski definition) is 1. The van der Waals surface area contributed by atoms with Crippen LogP contribution in [0.15, 0.2) is 12.2 Å². The maximum absolute atomic E-state index is 9.73. The van der Waals surface area contributed by atoms with E-state index < -0.39 is 5.91 Å². The lowest BCUT2D eigenvalue weighted by Gasteiger charge is -1.70. The molecule has 3 nitrogen and oxygen atoms in total. The number of amides is 1. The van der Waals surface area contributed by atoms with Crippen LogP contribution in [0.25, 0.3) is 0 Å². The Morgan fingerprint density at radius 3 is 2.14 bits per heavy atom. The topological polar surface area (TPSA) is 74.6 Å². The summed E-state index contributed by atoms with van der Waals surface area (Å²) in [5.41, 5.74) is 4.68. The molecule has 0 heterocycles. The van der Waals surface area contributed by atoms with Crippen molar-refractivity contribution in [3.63, 3.8) is 0 Å². The summed E-state index contributed by atoms with van der Waals surface area (Å²) < 4.78 is 0. The SMILES string of the molecule is CC=CC(N)=O.O. The molecule has 0 atom stereocenters. The molecule has 0 aromatic heterocycles. The van der Waals surface area contributed by atoms with Crippen molar-refractivity contribution in [1.82, 2.24) is 0 Å². The third-order valence-corrected chi connectivity index (χ3v) is 0.331. The Kier molecular flexibility index (Phi) is 7.00. The molecule has 0 aromatic rings. The Hall–Kier alpha value is -0.830. The van der Waals surface area contributed by atoms with Gasteiger partial charge in [0.2, 0.25) is 5.91 Å². The second-order valence-corrected chi connectivity index (χ2v) is 0.902. The molecule has 1 amide bonds. The number of hydrogen-bond acceptors (Lipinski definition) is 1. The van der Waals surface area contributed by atoms with Gasteiger partial charge in [-0.05, 0) is 13.0 Å². The molecular formula is C4H9NO2. The second kappa shape index (κ2) is 5.17. The molecule has 0 aliphatic heterocycles. The minimum atomic E-state index is -0.391. The van der Waals surface area contributed by atoms with Crippen molar-refractivity contribution < 1.29 is 10.3 Å². The predicted molar refractivity (Wildman–Crippen MR) is 27.6 cm³/mol. The molecule has 4 N–H and O–H groups in total. The van der Waals surface area contributed by atoms with Gasteiger partial charge in [0.15, 0.2) is 0 Å². The van der Waals surface area contributed by atoms with Crippen LogP contribution in [0.2, 0.25) is 0 Å². The number of nitrogens with two attached hydrogens (primary N) is 1. The summed E-state index contributed by atoms with van der Waals surface area (Å²) in [7, 11) is 0. The van der Waals surface area contributed by atoms with E-state index in [2.05, 4.69) is 5.73 Å². The van der Waals surface area contributed by atoms with Gasteiger partial charge in [-0.2, -0.15) is 0 Å². The highest BCUT2D eigenvalue weighted by Gasteiger charge is 1.73. The van der Waals surface area contributed by atoms with Gasteiger partial charge in [-0.25, -0.2) is 0 Å². The minimum absolute atomic E-state index is 0. The van der Waals surface area contributed by atoms with Crippen LogP contribution in [0.5, 0.6) is 0 Å². The van der Waals surface area contributed by atoms with E-state index >= 15 is 0 Å².